The molecule has 1 rings (SSSR count). The zero-order chi connectivity index (χ0) is 8.53. The first-order valence-corrected chi connectivity index (χ1v) is 3.55. The van der Waals surface area contributed by atoms with Crippen LogP contribution in [0.1, 0.15) is 6.92 Å². The van der Waals surface area contributed by atoms with Crippen LogP contribution < -0.4 is 5.84 Å². The second kappa shape index (κ2) is 7.09. The largest absolute Gasteiger partial charge is 0.322 e. The van der Waals surface area contributed by atoms with Crippen molar-refractivity contribution in [2.75, 3.05) is 0 Å². The molecule has 3 heteroatoms. The molecular formula is C8H11ClN2. The predicted octanol–water partition coefficient (Wildman–Crippen LogP) is 2.20. The van der Waals surface area contributed by atoms with Crippen molar-refractivity contribution in [3.8, 4) is 0 Å². The molecule has 0 aliphatic heterocycles. The Kier molecular flexibility index (Phi) is 6.43. The normalized spacial score (nSPS) is 9.82. The Bertz CT molecular complexity index is 166. The van der Waals surface area contributed by atoms with Crippen molar-refractivity contribution in [2.45, 2.75) is 6.92 Å². The maximum atomic E-state index is 5.09. The van der Waals surface area contributed by atoms with Crippen molar-refractivity contribution in [1.82, 2.24) is 0 Å². The van der Waals surface area contributed by atoms with Gasteiger partial charge in [-0.3, -0.25) is 0 Å². The third-order valence-electron chi connectivity index (χ3n) is 0.845. The van der Waals surface area contributed by atoms with Crippen LogP contribution in [0.4, 0.5) is 0 Å². The van der Waals surface area contributed by atoms with Gasteiger partial charge in [-0.15, -0.1) is 0 Å². The van der Waals surface area contributed by atoms with Gasteiger partial charge in [-0.25, -0.2) is 0 Å². The summed E-state index contributed by atoms with van der Waals surface area (Å²) in [6.07, 6.45) is 0. The van der Waals surface area contributed by atoms with Gasteiger partial charge in [0.15, 0.2) is 0 Å². The van der Waals surface area contributed by atoms with Gasteiger partial charge in [-0.05, 0) is 6.92 Å². The number of hydrogen-bond acceptors (Lipinski definition) is 2. The number of halogens is 1. The summed E-state index contributed by atoms with van der Waals surface area (Å²) in [4.78, 5) is 0. The highest BCUT2D eigenvalue weighted by Gasteiger charge is 1.67. The molecule has 0 unspecified atom stereocenters. The zero-order valence-electron chi connectivity index (χ0n) is 6.37. The van der Waals surface area contributed by atoms with Crippen molar-refractivity contribution in [3.63, 3.8) is 0 Å². The van der Waals surface area contributed by atoms with E-state index in [-0.39, 0.29) is 0 Å². The fourth-order valence-electron chi connectivity index (χ4n) is 0.385. The number of hydrogen-bond donors (Lipinski definition) is 1. The monoisotopic (exact) mass is 170 g/mol. The lowest BCUT2D eigenvalue weighted by Gasteiger charge is -1.70. The molecule has 0 spiro atoms. The molecule has 11 heavy (non-hydrogen) atoms. The van der Waals surface area contributed by atoms with E-state index in [4.69, 9.17) is 11.6 Å². The second-order valence-electron chi connectivity index (χ2n) is 1.78. The Morgan fingerprint density at radius 1 is 1.09 bits per heavy atom. The predicted molar refractivity (Wildman–Crippen MR) is 49.6 cm³/mol. The van der Waals surface area contributed by atoms with E-state index in [9.17, 15) is 0 Å². The van der Waals surface area contributed by atoms with Gasteiger partial charge in [-0.1, -0.05) is 48.0 Å². The van der Waals surface area contributed by atoms with Crippen LogP contribution in [-0.2, 0) is 0 Å². The lowest BCUT2D eigenvalue weighted by molar-refractivity contribution is 1.25. The minimum Gasteiger partial charge on any atom is -0.322 e. The molecule has 1 aromatic carbocycles. The molecule has 2 N–H and O–H groups in total. The van der Waals surface area contributed by atoms with E-state index in [0.29, 0.717) is 5.17 Å². The van der Waals surface area contributed by atoms with Crippen LogP contribution in [0.15, 0.2) is 41.5 Å². The van der Waals surface area contributed by atoms with Gasteiger partial charge >= 0.3 is 0 Å². The lowest BCUT2D eigenvalue weighted by Crippen LogP contribution is -1.83. The van der Waals surface area contributed by atoms with Gasteiger partial charge < -0.3 is 5.84 Å². The highest BCUT2D eigenvalue weighted by Crippen LogP contribution is 1.79. The summed E-state index contributed by atoms with van der Waals surface area (Å²) in [5.74, 6) is 4.63. The zero-order valence-corrected chi connectivity index (χ0v) is 7.12. The molecule has 0 heterocycles. The van der Waals surface area contributed by atoms with Crippen LogP contribution in [0.5, 0.6) is 0 Å². The van der Waals surface area contributed by atoms with Gasteiger partial charge in [0.1, 0.15) is 5.17 Å². The molecule has 0 atom stereocenters. The molecule has 2 nitrogen and oxygen atoms in total. The van der Waals surface area contributed by atoms with Crippen molar-refractivity contribution >= 4 is 16.8 Å². The maximum Gasteiger partial charge on any atom is 0.122 e. The summed E-state index contributed by atoms with van der Waals surface area (Å²) in [6.45, 7) is 1.61. The molecule has 0 radical (unpaired) electrons. The van der Waals surface area contributed by atoms with Crippen molar-refractivity contribution in [3.05, 3.63) is 36.4 Å². The minimum atomic E-state index is 0.380. The highest BCUT2D eigenvalue weighted by atomic mass is 35.5. The summed E-state index contributed by atoms with van der Waals surface area (Å²) in [7, 11) is 0. The molecule has 0 aliphatic carbocycles. The van der Waals surface area contributed by atoms with Crippen molar-refractivity contribution < 1.29 is 0 Å². The number of benzene rings is 1. The van der Waals surface area contributed by atoms with Gasteiger partial charge in [0, 0.05) is 0 Å². The van der Waals surface area contributed by atoms with Crippen molar-refractivity contribution in [2.24, 2.45) is 10.9 Å². The molecule has 0 aromatic heterocycles. The first-order valence-electron chi connectivity index (χ1n) is 3.17. The third-order valence-corrected chi connectivity index (χ3v) is 0.942. The number of rotatable bonds is 0. The van der Waals surface area contributed by atoms with Gasteiger partial charge in [0.05, 0.1) is 0 Å². The Hall–Kier alpha value is -1.02. The summed E-state index contributed by atoms with van der Waals surface area (Å²) in [5.41, 5.74) is 0. The quantitative estimate of drug-likeness (QED) is 0.362. The van der Waals surface area contributed by atoms with Crippen LogP contribution in [-0.4, -0.2) is 5.17 Å². The van der Waals surface area contributed by atoms with Crippen LogP contribution in [0.3, 0.4) is 0 Å². The maximum absolute atomic E-state index is 5.09. The van der Waals surface area contributed by atoms with E-state index < -0.39 is 0 Å². The Labute approximate surface area is 71.7 Å². The summed E-state index contributed by atoms with van der Waals surface area (Å²) in [6, 6.07) is 12.0. The first kappa shape index (κ1) is 9.98. The topological polar surface area (TPSA) is 38.4 Å². The molecule has 0 aliphatic rings. The second-order valence-corrected chi connectivity index (χ2v) is 2.33. The molecule has 0 saturated heterocycles. The van der Waals surface area contributed by atoms with E-state index >= 15 is 0 Å². The summed E-state index contributed by atoms with van der Waals surface area (Å²) < 4.78 is 0. The Morgan fingerprint density at radius 3 is 1.36 bits per heavy atom. The standard InChI is InChI=1S/C6H6.C2H5ClN2/c1-2-4-6-5-3-1;1-2(3)5-4/h1-6H;4H2,1H3. The fourth-order valence-corrected chi connectivity index (χ4v) is 0.385. The average Bonchev–Trinajstić information content (AvgIpc) is 2.09. The fraction of sp³-hybridized carbons (Fsp3) is 0.125. The summed E-state index contributed by atoms with van der Waals surface area (Å²) >= 11 is 5.09. The summed E-state index contributed by atoms with van der Waals surface area (Å²) in [5, 5.41) is 3.45. The molecule has 60 valence electrons. The molecule has 0 saturated carbocycles. The van der Waals surface area contributed by atoms with E-state index in [2.05, 4.69) is 10.9 Å². The van der Waals surface area contributed by atoms with Gasteiger partial charge in [0.25, 0.3) is 0 Å². The highest BCUT2D eigenvalue weighted by molar-refractivity contribution is 6.64. The van der Waals surface area contributed by atoms with Crippen LogP contribution in [0.2, 0.25) is 0 Å². The number of nitrogens with zero attached hydrogens (tertiary/aromatic N) is 1. The van der Waals surface area contributed by atoms with Crippen LogP contribution >= 0.6 is 11.6 Å². The minimum absolute atomic E-state index is 0.380. The lowest BCUT2D eigenvalue weighted by atomic mass is 10.4. The van der Waals surface area contributed by atoms with Gasteiger partial charge in [0.2, 0.25) is 0 Å². The molecular weight excluding hydrogens is 160 g/mol. The Morgan fingerprint density at radius 2 is 1.27 bits per heavy atom. The Balaban J connectivity index is 0.000000187. The van der Waals surface area contributed by atoms with E-state index in [0.717, 1.165) is 0 Å². The number of hydrazone groups is 1. The third kappa shape index (κ3) is 8.98. The van der Waals surface area contributed by atoms with Gasteiger partial charge in [-0.2, -0.15) is 5.10 Å². The number of nitrogens with two attached hydrogens (primary N) is 1. The average molecular weight is 171 g/mol. The molecule has 0 fully saturated rings. The van der Waals surface area contributed by atoms with Crippen LogP contribution in [0, 0.1) is 0 Å². The molecule has 0 amide bonds. The van der Waals surface area contributed by atoms with Crippen LogP contribution in [0.25, 0.3) is 0 Å². The first-order chi connectivity index (χ1) is 5.27. The van der Waals surface area contributed by atoms with Crippen molar-refractivity contribution in [1.29, 1.82) is 0 Å². The van der Waals surface area contributed by atoms with E-state index in [1.165, 1.54) is 0 Å². The molecule has 0 bridgehead atoms. The smallest absolute Gasteiger partial charge is 0.122 e. The molecule has 1 aromatic rings. The van der Waals surface area contributed by atoms with E-state index in [1.54, 1.807) is 6.92 Å². The SMILES string of the molecule is CC(Cl)=NN.c1ccccc1. The van der Waals surface area contributed by atoms with E-state index in [1.807, 2.05) is 36.4 Å².